The first-order valence-corrected chi connectivity index (χ1v) is 9.97. The van der Waals surface area contributed by atoms with Crippen molar-refractivity contribution in [3.05, 3.63) is 94.8 Å². The van der Waals surface area contributed by atoms with E-state index in [0.717, 1.165) is 11.1 Å². The third-order valence-electron chi connectivity index (χ3n) is 4.33. The molecule has 0 amide bonds. The first-order chi connectivity index (χ1) is 13.4. The Bertz CT molecular complexity index is 1300. The topological polar surface area (TPSA) is 73.6 Å². The lowest BCUT2D eigenvalue weighted by atomic mass is 10.1. The van der Waals surface area contributed by atoms with Crippen LogP contribution in [0.2, 0.25) is 0 Å². The third-order valence-corrected chi connectivity index (χ3v) is 5.59. The van der Waals surface area contributed by atoms with Gasteiger partial charge in [-0.2, -0.15) is 8.42 Å². The molecule has 0 spiro atoms. The summed E-state index contributed by atoms with van der Waals surface area (Å²) < 4.78 is 31.8. The molecular formula is C22H16O5S. The van der Waals surface area contributed by atoms with Gasteiger partial charge in [0.15, 0.2) is 5.43 Å². The van der Waals surface area contributed by atoms with Crippen LogP contribution in [0.3, 0.4) is 0 Å². The van der Waals surface area contributed by atoms with E-state index in [-0.39, 0.29) is 10.3 Å². The fraction of sp³-hybridized carbons (Fsp3) is 0.0455. The predicted molar refractivity (Wildman–Crippen MR) is 107 cm³/mol. The summed E-state index contributed by atoms with van der Waals surface area (Å²) in [5.41, 5.74) is 3.22. The minimum atomic E-state index is -3.42. The van der Waals surface area contributed by atoms with E-state index in [2.05, 4.69) is 4.18 Å². The zero-order valence-corrected chi connectivity index (χ0v) is 15.8. The smallest absolute Gasteiger partial charge is 0.339 e. The van der Waals surface area contributed by atoms with Crippen LogP contribution >= 0.6 is 0 Å². The lowest BCUT2D eigenvalue weighted by Crippen LogP contribution is -2.13. The molecule has 2 aliphatic rings. The van der Waals surface area contributed by atoms with Crippen LogP contribution in [0.5, 0.6) is 5.75 Å². The van der Waals surface area contributed by atoms with E-state index in [1.54, 1.807) is 18.4 Å². The molecule has 0 atom stereocenters. The zero-order chi connectivity index (χ0) is 19.7. The lowest BCUT2D eigenvalue weighted by Gasteiger charge is -2.12. The van der Waals surface area contributed by atoms with E-state index in [4.69, 9.17) is 4.42 Å². The maximum Gasteiger partial charge on any atom is 0.339 e. The predicted octanol–water partition coefficient (Wildman–Crippen LogP) is 4.54. The van der Waals surface area contributed by atoms with Gasteiger partial charge < -0.3 is 8.60 Å². The van der Waals surface area contributed by atoms with Crippen molar-refractivity contribution in [2.75, 3.05) is 0 Å². The Hall–Kier alpha value is -3.38. The fourth-order valence-electron chi connectivity index (χ4n) is 2.89. The molecule has 3 aromatic carbocycles. The molecule has 0 N–H and O–H groups in total. The van der Waals surface area contributed by atoms with Gasteiger partial charge in [-0.15, -0.1) is 0 Å². The Morgan fingerprint density at radius 3 is 2.14 bits per heavy atom. The number of hydrogen-bond acceptors (Lipinski definition) is 5. The van der Waals surface area contributed by atoms with Gasteiger partial charge in [0.2, 0.25) is 0 Å². The molecule has 2 bridgehead atoms. The van der Waals surface area contributed by atoms with Crippen molar-refractivity contribution in [3.63, 3.8) is 0 Å². The minimum Gasteiger partial charge on any atom is -0.463 e. The Morgan fingerprint density at radius 2 is 1.57 bits per heavy atom. The van der Waals surface area contributed by atoms with Crippen LogP contribution < -0.4 is 9.61 Å². The van der Waals surface area contributed by atoms with Gasteiger partial charge in [-0.05, 0) is 54.4 Å². The Labute approximate surface area is 162 Å². The average molecular weight is 392 g/mol. The molecule has 5 nitrogen and oxygen atoms in total. The molecule has 2 aliphatic heterocycles. The molecule has 0 fully saturated rings. The SMILES string of the molecule is Cc1ccc2c(=O)c(-c3ccccc3)coc2c1.O=S1(=O)Oc2ccc1cc2. The normalized spacial score (nSPS) is 13.5. The lowest BCUT2D eigenvalue weighted by molar-refractivity contribution is 0.478. The number of hydrogen-bond donors (Lipinski definition) is 0. The molecule has 140 valence electrons. The number of fused-ring (bicyclic) bond motifs is 4. The van der Waals surface area contributed by atoms with Crippen LogP contribution in [0.4, 0.5) is 0 Å². The second-order valence-electron chi connectivity index (χ2n) is 6.35. The highest BCUT2D eigenvalue weighted by molar-refractivity contribution is 7.87. The van der Waals surface area contributed by atoms with Crippen LogP contribution in [0, 0.1) is 6.92 Å². The second kappa shape index (κ2) is 6.98. The van der Waals surface area contributed by atoms with Gasteiger partial charge in [0.1, 0.15) is 22.5 Å². The highest BCUT2D eigenvalue weighted by Gasteiger charge is 2.21. The minimum absolute atomic E-state index is 0.0162. The summed E-state index contributed by atoms with van der Waals surface area (Å²) in [6.07, 6.45) is 1.54. The highest BCUT2D eigenvalue weighted by Crippen LogP contribution is 2.25. The van der Waals surface area contributed by atoms with E-state index >= 15 is 0 Å². The molecule has 0 saturated carbocycles. The zero-order valence-electron chi connectivity index (χ0n) is 15.0. The van der Waals surface area contributed by atoms with Gasteiger partial charge in [0, 0.05) is 0 Å². The van der Waals surface area contributed by atoms with Crippen LogP contribution in [-0.2, 0) is 10.1 Å². The number of rotatable bonds is 1. The maximum atomic E-state index is 12.4. The summed E-state index contributed by atoms with van der Waals surface area (Å²) in [7, 11) is -3.42. The van der Waals surface area contributed by atoms with Gasteiger partial charge in [-0.3, -0.25) is 4.79 Å². The summed E-state index contributed by atoms with van der Waals surface area (Å²) >= 11 is 0. The largest absolute Gasteiger partial charge is 0.463 e. The quantitative estimate of drug-likeness (QED) is 0.445. The maximum absolute atomic E-state index is 12.4. The Balaban J connectivity index is 0.000000162. The molecule has 0 aliphatic carbocycles. The Kier molecular flexibility index (Phi) is 4.49. The van der Waals surface area contributed by atoms with E-state index < -0.39 is 10.1 Å². The molecule has 4 aromatic rings. The summed E-state index contributed by atoms with van der Waals surface area (Å²) in [5, 5.41) is 0.627. The van der Waals surface area contributed by atoms with Crippen molar-refractivity contribution in [3.8, 4) is 16.9 Å². The van der Waals surface area contributed by atoms with Gasteiger partial charge in [-0.25, -0.2) is 0 Å². The molecule has 6 rings (SSSR count). The van der Waals surface area contributed by atoms with Crippen molar-refractivity contribution < 1.29 is 17.0 Å². The molecular weight excluding hydrogens is 376 g/mol. The molecule has 0 radical (unpaired) electrons. The van der Waals surface area contributed by atoms with Crippen molar-refractivity contribution in [1.82, 2.24) is 0 Å². The third kappa shape index (κ3) is 3.42. The van der Waals surface area contributed by atoms with Crippen LogP contribution in [-0.4, -0.2) is 8.42 Å². The van der Waals surface area contributed by atoms with Crippen molar-refractivity contribution in [1.29, 1.82) is 0 Å². The van der Waals surface area contributed by atoms with Crippen LogP contribution in [0.1, 0.15) is 5.56 Å². The van der Waals surface area contributed by atoms with Gasteiger partial charge >= 0.3 is 10.1 Å². The standard InChI is InChI=1S/C16H12O2.C6H4O3S/c1-11-7-8-13-15(9-11)18-10-14(16(13)17)12-5-3-2-4-6-12;7-10(8)6-3-1-5(9-10)2-4-6/h2-10H,1H3;1-4H. The first-order valence-electron chi connectivity index (χ1n) is 8.56. The second-order valence-corrected chi connectivity index (χ2v) is 7.90. The molecule has 3 heterocycles. The van der Waals surface area contributed by atoms with Crippen LogP contribution in [0.15, 0.2) is 93.2 Å². The van der Waals surface area contributed by atoms with Gasteiger partial charge in [-0.1, -0.05) is 36.4 Å². The summed E-state index contributed by atoms with van der Waals surface area (Å²) in [6, 6.07) is 21.5. The van der Waals surface area contributed by atoms with Crippen molar-refractivity contribution in [2.45, 2.75) is 11.8 Å². The van der Waals surface area contributed by atoms with Crippen LogP contribution in [0.25, 0.3) is 22.1 Å². The first kappa shape index (κ1) is 18.0. The summed E-state index contributed by atoms with van der Waals surface area (Å²) in [6.45, 7) is 1.98. The van der Waals surface area contributed by atoms with Crippen molar-refractivity contribution >= 4 is 21.1 Å². The van der Waals surface area contributed by atoms with E-state index in [9.17, 15) is 13.2 Å². The average Bonchev–Trinajstić information content (AvgIpc) is 2.69. The molecule has 0 unspecified atom stereocenters. The molecule has 0 saturated heterocycles. The molecule has 6 heteroatoms. The highest BCUT2D eigenvalue weighted by atomic mass is 32.2. The van der Waals surface area contributed by atoms with E-state index in [0.29, 0.717) is 22.3 Å². The van der Waals surface area contributed by atoms with E-state index in [1.165, 1.54) is 12.1 Å². The monoisotopic (exact) mass is 392 g/mol. The summed E-state index contributed by atoms with van der Waals surface area (Å²) in [5.74, 6) is 0.384. The van der Waals surface area contributed by atoms with Crippen molar-refractivity contribution in [2.24, 2.45) is 0 Å². The number of benzene rings is 3. The Morgan fingerprint density at radius 1 is 0.857 bits per heavy atom. The number of aryl methyl sites for hydroxylation is 1. The van der Waals surface area contributed by atoms with Gasteiger partial charge in [0.05, 0.1) is 10.9 Å². The van der Waals surface area contributed by atoms with Gasteiger partial charge in [0.25, 0.3) is 0 Å². The molecule has 1 aromatic heterocycles. The van der Waals surface area contributed by atoms with E-state index in [1.807, 2.05) is 55.5 Å². The summed E-state index contributed by atoms with van der Waals surface area (Å²) in [4.78, 5) is 12.6. The molecule has 28 heavy (non-hydrogen) atoms. The fourth-order valence-corrected chi connectivity index (χ4v) is 3.82.